The van der Waals surface area contributed by atoms with E-state index in [4.69, 9.17) is 16.3 Å². The molecule has 28 heavy (non-hydrogen) atoms. The molecule has 5 nitrogen and oxygen atoms in total. The molecule has 5 rings (SSSR count). The zero-order chi connectivity index (χ0) is 19.4. The predicted octanol–water partition coefficient (Wildman–Crippen LogP) is 4.09. The third-order valence-electron chi connectivity index (χ3n) is 6.33. The number of halogens is 1. The van der Waals surface area contributed by atoms with Crippen molar-refractivity contribution in [1.82, 2.24) is 0 Å². The van der Waals surface area contributed by atoms with Crippen molar-refractivity contribution in [3.05, 3.63) is 59.1 Å². The maximum Gasteiger partial charge on any atom is 0.345 e. The Balaban J connectivity index is 1.48. The van der Waals surface area contributed by atoms with Gasteiger partial charge in [0.2, 0.25) is 11.8 Å². The molecule has 2 bridgehead atoms. The lowest BCUT2D eigenvalue weighted by molar-refractivity contribution is -0.123. The minimum atomic E-state index is -0.627. The van der Waals surface area contributed by atoms with Gasteiger partial charge in [0.25, 0.3) is 0 Å². The first kappa shape index (κ1) is 17.4. The molecule has 0 N–H and O–H groups in total. The molecule has 2 amide bonds. The Morgan fingerprint density at radius 1 is 0.929 bits per heavy atom. The zero-order valence-corrected chi connectivity index (χ0v) is 15.8. The number of ether oxygens (including phenoxy) is 1. The number of anilines is 1. The van der Waals surface area contributed by atoms with Crippen LogP contribution in [-0.2, 0) is 9.59 Å². The Morgan fingerprint density at radius 2 is 1.54 bits per heavy atom. The van der Waals surface area contributed by atoms with Crippen LogP contribution in [0.25, 0.3) is 0 Å². The summed E-state index contributed by atoms with van der Waals surface area (Å²) in [5.74, 6) is -0.619. The lowest BCUT2D eigenvalue weighted by Gasteiger charge is -2.20. The Kier molecular flexibility index (Phi) is 4.02. The molecule has 0 radical (unpaired) electrons. The highest BCUT2D eigenvalue weighted by Gasteiger charge is 2.61. The Hall–Kier alpha value is -2.66. The minimum Gasteiger partial charge on any atom is -0.421 e. The predicted molar refractivity (Wildman–Crippen MR) is 103 cm³/mol. The highest BCUT2D eigenvalue weighted by Crippen LogP contribution is 2.57. The average molecular weight is 396 g/mol. The summed E-state index contributed by atoms with van der Waals surface area (Å²) in [7, 11) is 0. The van der Waals surface area contributed by atoms with Crippen LogP contribution in [0.1, 0.15) is 29.6 Å². The van der Waals surface area contributed by atoms with Crippen molar-refractivity contribution in [2.24, 2.45) is 23.7 Å². The molecule has 2 aromatic rings. The molecule has 2 aromatic carbocycles. The van der Waals surface area contributed by atoms with Gasteiger partial charge in [0.05, 0.1) is 28.1 Å². The maximum absolute atomic E-state index is 13.1. The van der Waals surface area contributed by atoms with E-state index in [9.17, 15) is 14.4 Å². The van der Waals surface area contributed by atoms with Crippen LogP contribution in [-0.4, -0.2) is 17.8 Å². The fourth-order valence-electron chi connectivity index (χ4n) is 5.16. The second-order valence-corrected chi connectivity index (χ2v) is 8.14. The van der Waals surface area contributed by atoms with Crippen molar-refractivity contribution in [3.63, 3.8) is 0 Å². The van der Waals surface area contributed by atoms with Crippen LogP contribution >= 0.6 is 11.6 Å². The van der Waals surface area contributed by atoms with E-state index in [1.807, 2.05) is 0 Å². The van der Waals surface area contributed by atoms with Gasteiger partial charge in [-0.05, 0) is 55.4 Å². The molecule has 1 heterocycles. The van der Waals surface area contributed by atoms with Gasteiger partial charge in [0.1, 0.15) is 0 Å². The molecule has 3 aliphatic rings. The first-order valence-electron chi connectivity index (χ1n) is 9.50. The minimum absolute atomic E-state index is 0.163. The molecule has 2 saturated carbocycles. The van der Waals surface area contributed by atoms with E-state index >= 15 is 0 Å². The lowest BCUT2D eigenvalue weighted by atomic mass is 9.81. The van der Waals surface area contributed by atoms with Crippen LogP contribution in [0.2, 0.25) is 5.02 Å². The molecule has 0 spiro atoms. The Labute approximate surface area is 167 Å². The molecule has 142 valence electrons. The van der Waals surface area contributed by atoms with E-state index in [2.05, 4.69) is 0 Å². The molecular weight excluding hydrogens is 378 g/mol. The van der Waals surface area contributed by atoms with E-state index in [0.29, 0.717) is 17.5 Å². The third kappa shape index (κ3) is 2.49. The van der Waals surface area contributed by atoms with Crippen molar-refractivity contribution in [2.45, 2.75) is 19.3 Å². The maximum atomic E-state index is 13.1. The largest absolute Gasteiger partial charge is 0.421 e. The molecule has 6 heteroatoms. The van der Waals surface area contributed by atoms with Crippen molar-refractivity contribution >= 4 is 35.1 Å². The van der Waals surface area contributed by atoms with Crippen LogP contribution < -0.4 is 9.64 Å². The van der Waals surface area contributed by atoms with Crippen molar-refractivity contribution in [2.75, 3.05) is 4.90 Å². The molecule has 2 aliphatic carbocycles. The summed E-state index contributed by atoms with van der Waals surface area (Å²) in [5.41, 5.74) is 0.555. The molecule has 0 unspecified atom stereocenters. The zero-order valence-electron chi connectivity index (χ0n) is 15.0. The van der Waals surface area contributed by atoms with E-state index in [1.54, 1.807) is 48.5 Å². The average Bonchev–Trinajstić information content (AvgIpc) is 3.37. The summed E-state index contributed by atoms with van der Waals surface area (Å²) >= 11 is 6.08. The quantitative estimate of drug-likeness (QED) is 0.446. The summed E-state index contributed by atoms with van der Waals surface area (Å²) in [5, 5.41) is 0.282. The Morgan fingerprint density at radius 3 is 2.21 bits per heavy atom. The van der Waals surface area contributed by atoms with Gasteiger partial charge in [-0.3, -0.25) is 9.59 Å². The number of benzene rings is 2. The fourth-order valence-corrected chi connectivity index (χ4v) is 5.37. The second kappa shape index (κ2) is 6.45. The smallest absolute Gasteiger partial charge is 0.345 e. The molecule has 3 fully saturated rings. The number of amides is 2. The van der Waals surface area contributed by atoms with E-state index in [1.165, 1.54) is 4.90 Å². The number of carbonyl (C=O) groups excluding carboxylic acids is 3. The summed E-state index contributed by atoms with van der Waals surface area (Å²) in [4.78, 5) is 40.0. The van der Waals surface area contributed by atoms with Gasteiger partial charge in [-0.1, -0.05) is 35.9 Å². The fraction of sp³-hybridized carbons (Fsp3) is 0.318. The number of hydrogen-bond donors (Lipinski definition) is 0. The van der Waals surface area contributed by atoms with Gasteiger partial charge < -0.3 is 4.74 Å². The van der Waals surface area contributed by atoms with Crippen molar-refractivity contribution in [3.8, 4) is 5.75 Å². The van der Waals surface area contributed by atoms with Crippen LogP contribution in [0, 0.1) is 23.7 Å². The first-order valence-corrected chi connectivity index (χ1v) is 9.87. The van der Waals surface area contributed by atoms with Gasteiger partial charge >= 0.3 is 5.97 Å². The number of carbonyl (C=O) groups is 3. The van der Waals surface area contributed by atoms with Gasteiger partial charge in [-0.25, -0.2) is 9.69 Å². The molecule has 4 atom stereocenters. The van der Waals surface area contributed by atoms with E-state index in [-0.39, 0.29) is 40.0 Å². The van der Waals surface area contributed by atoms with Gasteiger partial charge in [0, 0.05) is 0 Å². The first-order chi connectivity index (χ1) is 13.6. The number of fused-ring (bicyclic) bond motifs is 5. The van der Waals surface area contributed by atoms with Gasteiger partial charge in [0.15, 0.2) is 5.75 Å². The van der Waals surface area contributed by atoms with Crippen LogP contribution in [0.5, 0.6) is 5.75 Å². The topological polar surface area (TPSA) is 63.7 Å². The monoisotopic (exact) mass is 395 g/mol. The molecular formula is C22H18ClNO4. The Bertz CT molecular complexity index is 976. The lowest BCUT2D eigenvalue weighted by Crippen LogP contribution is -2.33. The molecule has 1 saturated heterocycles. The number of rotatable bonds is 3. The molecule has 1 aliphatic heterocycles. The number of para-hydroxylation sites is 2. The summed E-state index contributed by atoms with van der Waals surface area (Å²) < 4.78 is 5.54. The van der Waals surface area contributed by atoms with E-state index < -0.39 is 5.97 Å². The van der Waals surface area contributed by atoms with Crippen LogP contribution in [0.4, 0.5) is 5.69 Å². The van der Waals surface area contributed by atoms with Crippen LogP contribution in [0.3, 0.4) is 0 Å². The highest BCUT2D eigenvalue weighted by atomic mass is 35.5. The number of imide groups is 1. The third-order valence-corrected chi connectivity index (χ3v) is 6.66. The number of nitrogens with zero attached hydrogens (tertiary/aromatic N) is 1. The summed E-state index contributed by atoms with van der Waals surface area (Å²) in [6.45, 7) is 0. The number of hydrogen-bond acceptors (Lipinski definition) is 4. The summed E-state index contributed by atoms with van der Waals surface area (Å²) in [6, 6.07) is 13.3. The van der Waals surface area contributed by atoms with E-state index in [0.717, 1.165) is 19.3 Å². The summed E-state index contributed by atoms with van der Waals surface area (Å²) in [6.07, 6.45) is 3.01. The normalized spacial score (nSPS) is 28.0. The second-order valence-electron chi connectivity index (χ2n) is 7.73. The van der Waals surface area contributed by atoms with Crippen molar-refractivity contribution < 1.29 is 19.1 Å². The van der Waals surface area contributed by atoms with Crippen molar-refractivity contribution in [1.29, 1.82) is 0 Å². The highest BCUT2D eigenvalue weighted by molar-refractivity contribution is 6.33. The number of esters is 1. The SMILES string of the molecule is O=C(Oc1ccccc1N1C(=O)[C@H]2[C@@H]3CC[C@@H](C3)[C@@H]2C1=O)c1ccccc1Cl. The van der Waals surface area contributed by atoms with Crippen LogP contribution in [0.15, 0.2) is 48.5 Å². The molecule has 0 aromatic heterocycles. The van der Waals surface area contributed by atoms with Gasteiger partial charge in [-0.2, -0.15) is 0 Å². The standard InChI is InChI=1S/C22H18ClNO4/c23-15-6-2-1-5-14(15)22(27)28-17-8-4-3-7-16(17)24-20(25)18-12-9-10-13(11-12)19(18)21(24)26/h1-8,12-13,18-19H,9-11H2/t12-,13+,18-,19-/m0/s1. The van der Waals surface area contributed by atoms with Gasteiger partial charge in [-0.15, -0.1) is 0 Å².